The van der Waals surface area contributed by atoms with Gasteiger partial charge in [0.05, 0.1) is 16.3 Å². The number of anilines is 1. The van der Waals surface area contributed by atoms with Crippen molar-refractivity contribution in [3.63, 3.8) is 0 Å². The predicted octanol–water partition coefficient (Wildman–Crippen LogP) is 7.25. The highest BCUT2D eigenvalue weighted by atomic mass is 79.9. The van der Waals surface area contributed by atoms with Gasteiger partial charge in [-0.25, -0.2) is 0 Å². The smallest absolute Gasteiger partial charge is 0.416 e. The highest BCUT2D eigenvalue weighted by molar-refractivity contribution is 9.10. The molecule has 0 unspecified atom stereocenters. The number of rotatable bonds is 6. The van der Waals surface area contributed by atoms with Gasteiger partial charge in [0.1, 0.15) is 24.0 Å². The van der Waals surface area contributed by atoms with Gasteiger partial charge in [-0.05, 0) is 59.7 Å². The zero-order valence-electron chi connectivity index (χ0n) is 16.8. The van der Waals surface area contributed by atoms with Crippen LogP contribution in [-0.2, 0) is 17.6 Å². The van der Waals surface area contributed by atoms with Crippen molar-refractivity contribution >= 4 is 45.2 Å². The third-order valence-corrected chi connectivity index (χ3v) is 5.28. The summed E-state index contributed by atoms with van der Waals surface area (Å²) in [7, 11) is 0. The number of alkyl halides is 3. The zero-order chi connectivity index (χ0) is 24.0. The summed E-state index contributed by atoms with van der Waals surface area (Å²) in [6.07, 6.45) is -3.28. The van der Waals surface area contributed by atoms with E-state index in [0.717, 1.165) is 22.2 Å². The molecular formula is C24H15BrClF3N2O2. The molecule has 3 rings (SSSR count). The van der Waals surface area contributed by atoms with E-state index >= 15 is 0 Å². The number of nitrogens with one attached hydrogen (secondary N) is 1. The maximum atomic E-state index is 12.9. The molecule has 0 saturated carbocycles. The van der Waals surface area contributed by atoms with Crippen molar-refractivity contribution in [2.45, 2.75) is 12.8 Å². The van der Waals surface area contributed by atoms with Crippen LogP contribution in [0.3, 0.4) is 0 Å². The van der Waals surface area contributed by atoms with E-state index in [1.807, 2.05) is 24.3 Å². The van der Waals surface area contributed by atoms with Crippen LogP contribution in [0, 0.1) is 11.3 Å². The fourth-order valence-corrected chi connectivity index (χ4v) is 3.14. The normalized spacial score (nSPS) is 11.6. The molecule has 0 bridgehead atoms. The molecule has 4 nitrogen and oxygen atoms in total. The van der Waals surface area contributed by atoms with Gasteiger partial charge in [0.25, 0.3) is 5.91 Å². The fourth-order valence-electron chi connectivity index (χ4n) is 2.71. The van der Waals surface area contributed by atoms with E-state index < -0.39 is 17.6 Å². The molecule has 0 atom stereocenters. The molecule has 0 heterocycles. The molecule has 168 valence electrons. The Morgan fingerprint density at radius 1 is 1.09 bits per heavy atom. The Hall–Kier alpha value is -3.28. The molecule has 0 radical (unpaired) electrons. The van der Waals surface area contributed by atoms with Crippen LogP contribution in [0.1, 0.15) is 16.7 Å². The number of hydrogen-bond donors (Lipinski definition) is 1. The second-order valence-electron chi connectivity index (χ2n) is 6.80. The van der Waals surface area contributed by atoms with Crippen molar-refractivity contribution in [1.29, 1.82) is 5.26 Å². The van der Waals surface area contributed by atoms with Gasteiger partial charge in [0.15, 0.2) is 0 Å². The summed E-state index contributed by atoms with van der Waals surface area (Å²) in [6, 6.07) is 18.6. The van der Waals surface area contributed by atoms with Gasteiger partial charge in [-0.1, -0.05) is 51.8 Å². The van der Waals surface area contributed by atoms with Gasteiger partial charge >= 0.3 is 6.18 Å². The molecular weight excluding hydrogens is 521 g/mol. The standard InChI is InChI=1S/C24H15BrClF3N2O2/c25-19-6-1-16(2-7-19)14-33-20-8-3-15(4-9-20)11-17(13-30)23(32)31-22-12-18(24(27,28)29)5-10-21(22)26/h1-12H,14H2,(H,31,32)/b17-11+. The summed E-state index contributed by atoms with van der Waals surface area (Å²) < 4.78 is 45.4. The molecule has 0 saturated heterocycles. The van der Waals surface area contributed by atoms with E-state index in [0.29, 0.717) is 24.0 Å². The van der Waals surface area contributed by atoms with Crippen molar-refractivity contribution in [1.82, 2.24) is 0 Å². The first kappa shape index (κ1) is 24.4. The second kappa shape index (κ2) is 10.6. The molecule has 33 heavy (non-hydrogen) atoms. The topological polar surface area (TPSA) is 62.1 Å². The third kappa shape index (κ3) is 6.85. The van der Waals surface area contributed by atoms with Crippen LogP contribution in [0.25, 0.3) is 6.08 Å². The minimum atomic E-state index is -4.60. The summed E-state index contributed by atoms with van der Waals surface area (Å²) in [5.74, 6) is -0.289. The number of nitrogens with zero attached hydrogens (tertiary/aromatic N) is 1. The zero-order valence-corrected chi connectivity index (χ0v) is 19.1. The lowest BCUT2D eigenvalue weighted by atomic mass is 10.1. The lowest BCUT2D eigenvalue weighted by molar-refractivity contribution is -0.137. The van der Waals surface area contributed by atoms with E-state index in [1.165, 1.54) is 6.08 Å². The predicted molar refractivity (Wildman–Crippen MR) is 124 cm³/mol. The second-order valence-corrected chi connectivity index (χ2v) is 8.12. The average molecular weight is 536 g/mol. The SMILES string of the molecule is N#C/C(=C\c1ccc(OCc2ccc(Br)cc2)cc1)C(=O)Nc1cc(C(F)(F)F)ccc1Cl. The quantitative estimate of drug-likeness (QED) is 0.267. The number of benzene rings is 3. The average Bonchev–Trinajstić information content (AvgIpc) is 2.78. The Bertz CT molecular complexity index is 1220. The lowest BCUT2D eigenvalue weighted by Crippen LogP contribution is -2.15. The maximum absolute atomic E-state index is 12.9. The monoisotopic (exact) mass is 534 g/mol. The summed E-state index contributed by atoms with van der Waals surface area (Å²) >= 11 is 9.27. The first-order valence-electron chi connectivity index (χ1n) is 9.43. The Balaban J connectivity index is 1.69. The molecule has 1 amide bonds. The third-order valence-electron chi connectivity index (χ3n) is 4.42. The van der Waals surface area contributed by atoms with Gasteiger partial charge in [-0.2, -0.15) is 18.4 Å². The summed E-state index contributed by atoms with van der Waals surface area (Å²) in [5.41, 5.74) is 0.0106. The highest BCUT2D eigenvalue weighted by Gasteiger charge is 2.31. The number of nitriles is 1. The molecule has 3 aromatic carbocycles. The van der Waals surface area contributed by atoms with Gasteiger partial charge in [0.2, 0.25) is 0 Å². The van der Waals surface area contributed by atoms with Crippen LogP contribution < -0.4 is 10.1 Å². The van der Waals surface area contributed by atoms with E-state index in [9.17, 15) is 23.2 Å². The van der Waals surface area contributed by atoms with Crippen LogP contribution in [0.5, 0.6) is 5.75 Å². The van der Waals surface area contributed by atoms with Crippen LogP contribution >= 0.6 is 27.5 Å². The van der Waals surface area contributed by atoms with Crippen LogP contribution in [0.4, 0.5) is 18.9 Å². The van der Waals surface area contributed by atoms with Crippen molar-refractivity contribution in [3.8, 4) is 11.8 Å². The summed E-state index contributed by atoms with van der Waals surface area (Å²) in [6.45, 7) is 0.367. The Labute approximate surface area is 201 Å². The van der Waals surface area contributed by atoms with Gasteiger partial charge in [-0.3, -0.25) is 4.79 Å². The minimum absolute atomic E-state index is 0.0825. The van der Waals surface area contributed by atoms with E-state index in [-0.39, 0.29) is 16.3 Å². The van der Waals surface area contributed by atoms with Crippen LogP contribution in [0.15, 0.2) is 76.8 Å². The van der Waals surface area contributed by atoms with Gasteiger partial charge in [0, 0.05) is 4.47 Å². The van der Waals surface area contributed by atoms with Crippen molar-refractivity contribution < 1.29 is 22.7 Å². The first-order valence-corrected chi connectivity index (χ1v) is 10.6. The Kier molecular flexibility index (Phi) is 7.79. The van der Waals surface area contributed by atoms with E-state index in [4.69, 9.17) is 16.3 Å². The largest absolute Gasteiger partial charge is 0.489 e. The molecule has 9 heteroatoms. The van der Waals surface area contributed by atoms with Crippen molar-refractivity contribution in [3.05, 3.63) is 98.5 Å². The number of ether oxygens (including phenoxy) is 1. The molecule has 3 aromatic rings. The highest BCUT2D eigenvalue weighted by Crippen LogP contribution is 2.34. The summed E-state index contributed by atoms with van der Waals surface area (Å²) in [4.78, 5) is 12.4. The van der Waals surface area contributed by atoms with E-state index in [2.05, 4.69) is 21.2 Å². The number of halogens is 5. The Morgan fingerprint density at radius 2 is 1.76 bits per heavy atom. The van der Waals surface area contributed by atoms with Crippen molar-refractivity contribution in [2.24, 2.45) is 0 Å². The summed E-state index contributed by atoms with van der Waals surface area (Å²) in [5, 5.41) is 11.5. The molecule has 0 aliphatic heterocycles. The van der Waals surface area contributed by atoms with Crippen LogP contribution in [-0.4, -0.2) is 5.91 Å². The Morgan fingerprint density at radius 3 is 2.36 bits per heavy atom. The minimum Gasteiger partial charge on any atom is -0.489 e. The first-order chi connectivity index (χ1) is 15.7. The van der Waals surface area contributed by atoms with Gasteiger partial charge < -0.3 is 10.1 Å². The van der Waals surface area contributed by atoms with Crippen LogP contribution in [0.2, 0.25) is 5.02 Å². The molecule has 0 aliphatic rings. The molecule has 0 aromatic heterocycles. The number of carbonyl (C=O) groups is 1. The fraction of sp³-hybridized carbons (Fsp3) is 0.0833. The molecule has 0 aliphatic carbocycles. The van der Waals surface area contributed by atoms with Gasteiger partial charge in [-0.15, -0.1) is 0 Å². The number of carbonyl (C=O) groups excluding carboxylic acids is 1. The van der Waals surface area contributed by atoms with E-state index in [1.54, 1.807) is 30.3 Å². The lowest BCUT2D eigenvalue weighted by Gasteiger charge is -2.11. The number of hydrogen-bond acceptors (Lipinski definition) is 3. The molecule has 0 spiro atoms. The maximum Gasteiger partial charge on any atom is 0.416 e. The molecule has 1 N–H and O–H groups in total. The van der Waals surface area contributed by atoms with Crippen molar-refractivity contribution in [2.75, 3.05) is 5.32 Å². The molecule has 0 fully saturated rings. The number of amides is 1.